The van der Waals surface area contributed by atoms with Gasteiger partial charge in [0.15, 0.2) is 5.82 Å². The Morgan fingerprint density at radius 3 is 2.76 bits per heavy atom. The summed E-state index contributed by atoms with van der Waals surface area (Å²) in [6.45, 7) is 4.53. The number of carbonyl (C=O) groups is 3. The van der Waals surface area contributed by atoms with E-state index in [1.54, 1.807) is 12.0 Å². The number of aromatic nitrogens is 2. The van der Waals surface area contributed by atoms with Gasteiger partial charge in [0, 0.05) is 53.5 Å². The first kappa shape index (κ1) is 25.1. The van der Waals surface area contributed by atoms with Gasteiger partial charge in [-0.25, -0.2) is 4.79 Å². The molecule has 0 spiro atoms. The van der Waals surface area contributed by atoms with E-state index >= 15 is 0 Å². The Kier molecular flexibility index (Phi) is 6.83. The molecule has 0 bridgehead atoms. The van der Waals surface area contributed by atoms with Gasteiger partial charge in [-0.3, -0.25) is 14.7 Å². The van der Waals surface area contributed by atoms with Gasteiger partial charge in [-0.1, -0.05) is 6.07 Å². The molecule has 3 amide bonds. The number of carbonyl (C=O) groups excluding carboxylic acids is 3. The van der Waals surface area contributed by atoms with Crippen LogP contribution in [-0.4, -0.2) is 53.4 Å². The van der Waals surface area contributed by atoms with Crippen molar-refractivity contribution in [3.05, 3.63) is 35.5 Å². The summed E-state index contributed by atoms with van der Waals surface area (Å²) in [6.07, 6.45) is 5.32. The van der Waals surface area contributed by atoms with E-state index in [4.69, 9.17) is 9.47 Å². The summed E-state index contributed by atoms with van der Waals surface area (Å²) in [5.41, 5.74) is 2.34. The van der Waals surface area contributed by atoms with E-state index in [0.717, 1.165) is 55.5 Å². The molecule has 3 aliphatic rings. The van der Waals surface area contributed by atoms with Crippen LogP contribution < -0.4 is 20.3 Å². The van der Waals surface area contributed by atoms with Gasteiger partial charge in [0.05, 0.1) is 13.0 Å². The van der Waals surface area contributed by atoms with Gasteiger partial charge in [0.2, 0.25) is 11.8 Å². The monoisotopic (exact) mass is 509 g/mol. The Bertz CT molecular complexity index is 1190. The standard InChI is InChI=1S/C27H35N5O5/c1-16(20-9-7-18(14-22(20)36-3)32-12-4-5-24(32)33)25(34)28-23-15-21(30-31-23)17-6-8-19(13-17)37-26(35)29-27(2)10-11-27/h7,9,14-17,19H,4-6,8,10-13H2,1-3H3,(H,29,35)(H2,28,30,31,34)/t16?,17-,19+/m1/s1. The molecule has 2 heterocycles. The Balaban J connectivity index is 1.17. The van der Waals surface area contributed by atoms with Crippen LogP contribution in [0, 0.1) is 0 Å². The molecule has 37 heavy (non-hydrogen) atoms. The summed E-state index contributed by atoms with van der Waals surface area (Å²) in [5, 5.41) is 13.1. The van der Waals surface area contributed by atoms with E-state index < -0.39 is 5.92 Å². The first-order valence-corrected chi connectivity index (χ1v) is 13.1. The maximum absolute atomic E-state index is 13.0. The Hall–Kier alpha value is -3.56. The minimum atomic E-state index is -0.491. The molecule has 1 aromatic heterocycles. The molecular weight excluding hydrogens is 474 g/mol. The predicted molar refractivity (Wildman–Crippen MR) is 138 cm³/mol. The van der Waals surface area contributed by atoms with Crippen LogP contribution in [0.1, 0.15) is 81.9 Å². The molecule has 0 radical (unpaired) electrons. The highest BCUT2D eigenvalue weighted by Gasteiger charge is 2.40. The second kappa shape index (κ2) is 10.1. The number of nitrogens with one attached hydrogen (secondary N) is 3. The van der Waals surface area contributed by atoms with E-state index in [1.807, 2.05) is 38.1 Å². The van der Waals surface area contributed by atoms with E-state index in [9.17, 15) is 14.4 Å². The van der Waals surface area contributed by atoms with E-state index in [1.165, 1.54) is 0 Å². The Labute approximate surface area is 216 Å². The topological polar surface area (TPSA) is 126 Å². The van der Waals surface area contributed by atoms with Crippen molar-refractivity contribution >= 4 is 29.4 Å². The zero-order chi connectivity index (χ0) is 26.2. The van der Waals surface area contributed by atoms with Crippen LogP contribution in [0.15, 0.2) is 24.3 Å². The second-order valence-electron chi connectivity index (χ2n) is 10.7. The van der Waals surface area contributed by atoms with E-state index in [2.05, 4.69) is 20.8 Å². The maximum atomic E-state index is 13.0. The van der Waals surface area contributed by atoms with Crippen molar-refractivity contribution in [1.29, 1.82) is 0 Å². The second-order valence-corrected chi connectivity index (χ2v) is 10.7. The van der Waals surface area contributed by atoms with Crippen LogP contribution in [0.5, 0.6) is 5.75 Å². The highest BCUT2D eigenvalue weighted by Crippen LogP contribution is 2.38. The van der Waals surface area contributed by atoms with Gasteiger partial charge in [-0.15, -0.1) is 0 Å². The molecule has 2 aromatic rings. The van der Waals surface area contributed by atoms with E-state index in [0.29, 0.717) is 24.5 Å². The molecule has 10 heteroatoms. The summed E-state index contributed by atoms with van der Waals surface area (Å²) in [7, 11) is 1.56. The smallest absolute Gasteiger partial charge is 0.407 e. The van der Waals surface area contributed by atoms with Crippen LogP contribution in [0.4, 0.5) is 16.3 Å². The molecule has 10 nitrogen and oxygen atoms in total. The van der Waals surface area contributed by atoms with Crippen molar-refractivity contribution in [2.24, 2.45) is 0 Å². The highest BCUT2D eigenvalue weighted by atomic mass is 16.6. The number of ether oxygens (including phenoxy) is 2. The molecule has 3 fully saturated rings. The number of anilines is 2. The average molecular weight is 510 g/mol. The average Bonchev–Trinajstić information content (AvgIpc) is 3.28. The number of alkyl carbamates (subject to hydrolysis) is 1. The van der Waals surface area contributed by atoms with Gasteiger partial charge >= 0.3 is 6.09 Å². The van der Waals surface area contributed by atoms with Crippen molar-refractivity contribution in [2.45, 2.75) is 82.3 Å². The van der Waals surface area contributed by atoms with Crippen molar-refractivity contribution < 1.29 is 23.9 Å². The zero-order valence-electron chi connectivity index (χ0n) is 21.6. The summed E-state index contributed by atoms with van der Waals surface area (Å²) in [5.74, 6) is 0.610. The third-order valence-electron chi connectivity index (χ3n) is 7.81. The predicted octanol–water partition coefficient (Wildman–Crippen LogP) is 4.20. The first-order valence-electron chi connectivity index (χ1n) is 13.1. The van der Waals surface area contributed by atoms with Gasteiger partial charge in [0.25, 0.3) is 0 Å². The number of nitrogens with zero attached hydrogens (tertiary/aromatic N) is 2. The number of benzene rings is 1. The van der Waals surface area contributed by atoms with Crippen LogP contribution in [0.3, 0.4) is 0 Å². The normalized spacial score (nSPS) is 23.0. The van der Waals surface area contributed by atoms with Crippen molar-refractivity contribution in [3.63, 3.8) is 0 Å². The number of aromatic amines is 1. The molecule has 3 atom stereocenters. The maximum Gasteiger partial charge on any atom is 0.407 e. The summed E-state index contributed by atoms with van der Waals surface area (Å²) < 4.78 is 11.2. The van der Waals surface area contributed by atoms with Crippen molar-refractivity contribution in [3.8, 4) is 5.75 Å². The van der Waals surface area contributed by atoms with Gasteiger partial charge in [-0.2, -0.15) is 5.10 Å². The van der Waals surface area contributed by atoms with Crippen LogP contribution in [-0.2, 0) is 14.3 Å². The van der Waals surface area contributed by atoms with Gasteiger partial charge in [0.1, 0.15) is 11.9 Å². The lowest BCUT2D eigenvalue weighted by Gasteiger charge is -2.20. The first-order chi connectivity index (χ1) is 17.7. The molecule has 5 rings (SSSR count). The van der Waals surface area contributed by atoms with Gasteiger partial charge < -0.3 is 25.0 Å². The number of hydrogen-bond donors (Lipinski definition) is 3. The van der Waals surface area contributed by atoms with Gasteiger partial charge in [-0.05, 0) is 58.4 Å². The molecule has 2 saturated carbocycles. The number of rotatable bonds is 8. The Morgan fingerprint density at radius 1 is 1.24 bits per heavy atom. The third kappa shape index (κ3) is 5.57. The SMILES string of the molecule is COc1cc(N2CCCC2=O)ccc1C(C)C(=O)Nc1cc([C@@H]2CC[C@H](OC(=O)NC3(C)CC3)C2)[nH]n1. The number of amides is 3. The molecule has 1 aliphatic heterocycles. The number of hydrogen-bond acceptors (Lipinski definition) is 6. The van der Waals surface area contributed by atoms with Crippen LogP contribution in [0.25, 0.3) is 0 Å². The van der Waals surface area contributed by atoms with Crippen LogP contribution >= 0.6 is 0 Å². The fourth-order valence-corrected chi connectivity index (χ4v) is 5.20. The lowest BCUT2D eigenvalue weighted by atomic mass is 9.98. The quantitative estimate of drug-likeness (QED) is 0.490. The summed E-state index contributed by atoms with van der Waals surface area (Å²) in [6, 6.07) is 7.38. The molecule has 3 N–H and O–H groups in total. The highest BCUT2D eigenvalue weighted by molar-refractivity contribution is 5.97. The van der Waals surface area contributed by atoms with Crippen molar-refractivity contribution in [1.82, 2.24) is 15.5 Å². The lowest BCUT2D eigenvalue weighted by Crippen LogP contribution is -2.36. The third-order valence-corrected chi connectivity index (χ3v) is 7.81. The molecule has 1 aromatic carbocycles. The lowest BCUT2D eigenvalue weighted by molar-refractivity contribution is -0.118. The van der Waals surface area contributed by atoms with Crippen molar-refractivity contribution in [2.75, 3.05) is 23.9 Å². The number of methoxy groups -OCH3 is 1. The molecule has 1 unspecified atom stereocenters. The number of H-pyrrole nitrogens is 1. The Morgan fingerprint density at radius 2 is 2.05 bits per heavy atom. The minimum absolute atomic E-state index is 0.0955. The molecule has 198 valence electrons. The fraction of sp³-hybridized carbons (Fsp3) is 0.556. The minimum Gasteiger partial charge on any atom is -0.496 e. The largest absolute Gasteiger partial charge is 0.496 e. The summed E-state index contributed by atoms with van der Waals surface area (Å²) >= 11 is 0. The molecular formula is C27H35N5O5. The molecule has 2 aliphatic carbocycles. The molecule has 1 saturated heterocycles. The summed E-state index contributed by atoms with van der Waals surface area (Å²) in [4.78, 5) is 39.0. The van der Waals surface area contributed by atoms with Crippen LogP contribution in [0.2, 0.25) is 0 Å². The zero-order valence-corrected chi connectivity index (χ0v) is 21.6. The fourth-order valence-electron chi connectivity index (χ4n) is 5.20. The van der Waals surface area contributed by atoms with E-state index in [-0.39, 0.29) is 35.5 Å².